The van der Waals surface area contributed by atoms with E-state index < -0.39 is 61.5 Å². The number of alkyl halides is 3. The lowest BCUT2D eigenvalue weighted by molar-refractivity contribution is -0.137. The van der Waals surface area contributed by atoms with E-state index in [-0.39, 0.29) is 42.4 Å². The number of aromatic nitrogens is 2. The molecule has 290 valence electrons. The number of amides is 4. The number of urea groups is 1. The summed E-state index contributed by atoms with van der Waals surface area (Å²) in [5, 5.41) is 3.58. The highest BCUT2D eigenvalue weighted by atomic mass is 32.2. The van der Waals surface area contributed by atoms with Gasteiger partial charge < -0.3 is 24.6 Å². The van der Waals surface area contributed by atoms with Crippen LogP contribution in [0.25, 0.3) is 22.3 Å². The van der Waals surface area contributed by atoms with E-state index in [1.807, 2.05) is 12.2 Å². The van der Waals surface area contributed by atoms with Crippen LogP contribution in [0, 0.1) is 12.8 Å². The normalized spacial score (nSPS) is 26.3. The van der Waals surface area contributed by atoms with Crippen molar-refractivity contribution in [1.82, 2.24) is 29.8 Å². The molecule has 4 atom stereocenters. The molecule has 7 rings (SSSR count). The van der Waals surface area contributed by atoms with Crippen LogP contribution in [0.3, 0.4) is 0 Å². The van der Waals surface area contributed by atoms with Crippen molar-refractivity contribution in [2.24, 2.45) is 5.92 Å². The van der Waals surface area contributed by atoms with Crippen molar-refractivity contribution < 1.29 is 45.4 Å². The fraction of sp³-hybridized carbons (Fsp3) is 0.528. The summed E-state index contributed by atoms with van der Waals surface area (Å²) in [4.78, 5) is 53.2. The van der Waals surface area contributed by atoms with Gasteiger partial charge in [0.1, 0.15) is 34.9 Å². The first-order valence-corrected chi connectivity index (χ1v) is 20.1. The molecule has 1 saturated heterocycles. The number of pyridine rings is 1. The summed E-state index contributed by atoms with van der Waals surface area (Å²) in [6, 6.07) is 3.20. The Morgan fingerprint density at radius 1 is 1.13 bits per heavy atom. The number of nitrogens with one attached hydrogen (secondary N) is 2. The average molecular weight is 791 g/mol. The first-order valence-electron chi connectivity index (χ1n) is 17.7. The largest absolute Gasteiger partial charge is 0.496 e. The van der Waals surface area contributed by atoms with Gasteiger partial charge in [0.2, 0.25) is 15.9 Å². The smallest absolute Gasteiger partial charge is 0.443 e. The monoisotopic (exact) mass is 790 g/mol. The van der Waals surface area contributed by atoms with Gasteiger partial charge in [0.05, 0.1) is 29.6 Å². The van der Waals surface area contributed by atoms with Crippen LogP contribution in [0.2, 0.25) is 0 Å². The number of fused-ring (bicyclic) bond motifs is 3. The van der Waals surface area contributed by atoms with Gasteiger partial charge in [0.25, 0.3) is 5.91 Å². The van der Waals surface area contributed by atoms with Crippen molar-refractivity contribution in [2.75, 3.05) is 27.2 Å². The minimum absolute atomic E-state index is 0.00457. The third kappa shape index (κ3) is 6.97. The quantitative estimate of drug-likeness (QED) is 0.308. The van der Waals surface area contributed by atoms with Gasteiger partial charge in [0, 0.05) is 48.3 Å². The molecule has 4 amide bonds. The second-order valence-electron chi connectivity index (χ2n) is 14.8. The molecule has 3 fully saturated rings. The Bertz CT molecular complexity index is 2150. The van der Waals surface area contributed by atoms with Gasteiger partial charge in [0.15, 0.2) is 5.01 Å². The van der Waals surface area contributed by atoms with Crippen LogP contribution in [0.1, 0.15) is 62.4 Å². The number of hydrogen-bond acceptors (Lipinski definition) is 10. The Morgan fingerprint density at radius 2 is 1.89 bits per heavy atom. The lowest BCUT2D eigenvalue weighted by atomic mass is 10.1. The molecule has 3 aromatic rings. The first kappa shape index (κ1) is 37.8. The van der Waals surface area contributed by atoms with Gasteiger partial charge in [-0.25, -0.2) is 23.2 Å². The maximum atomic E-state index is 14.2. The summed E-state index contributed by atoms with van der Waals surface area (Å²) in [6.45, 7) is 3.68. The van der Waals surface area contributed by atoms with E-state index >= 15 is 0 Å². The molecular weight excluding hydrogens is 750 g/mol. The Morgan fingerprint density at radius 3 is 2.57 bits per heavy atom. The molecule has 4 aliphatic rings. The number of halogens is 3. The average Bonchev–Trinajstić information content (AvgIpc) is 3.88. The highest BCUT2D eigenvalue weighted by molar-refractivity contribution is 7.91. The van der Waals surface area contributed by atoms with Gasteiger partial charge in [-0.3, -0.25) is 14.3 Å². The second kappa shape index (κ2) is 13.7. The minimum Gasteiger partial charge on any atom is -0.496 e. The standard InChI is InChI=1S/C36H41F3N6O7S2/c1-20-27(51-4)11-10-23-28(16-24(40-29(20)23)25-19-53-32(41-25)36(37,38)39)52-22-15-26-30(46)44(3)14-8-6-5-7-9-21-17-35(21,42-33(48)45(26)18-22)31(47)43-54(49,50)34(2)12-13-34/h7,9-11,16,19,21-22,26H,5-6,8,12-15,17-18H2,1-4H3,(H,42,48)(H,43,47)/b9-7-/t21-,22+,26+,35-/m1/s1. The van der Waals surface area contributed by atoms with Gasteiger partial charge in [-0.2, -0.15) is 13.2 Å². The van der Waals surface area contributed by atoms with Crippen LogP contribution in [-0.4, -0.2) is 95.7 Å². The fourth-order valence-corrected chi connectivity index (χ4v) is 9.13. The zero-order valence-electron chi connectivity index (χ0n) is 30.2. The van der Waals surface area contributed by atoms with E-state index in [0.717, 1.165) is 6.42 Å². The molecule has 1 aromatic carbocycles. The van der Waals surface area contributed by atoms with Crippen molar-refractivity contribution in [3.05, 3.63) is 46.3 Å². The van der Waals surface area contributed by atoms with Crippen LogP contribution in [0.4, 0.5) is 18.0 Å². The summed E-state index contributed by atoms with van der Waals surface area (Å²) in [7, 11) is -0.852. The number of benzene rings is 1. The zero-order valence-corrected chi connectivity index (χ0v) is 31.8. The van der Waals surface area contributed by atoms with E-state index in [1.54, 1.807) is 37.9 Å². The summed E-state index contributed by atoms with van der Waals surface area (Å²) in [6.07, 6.45) is 1.57. The number of likely N-dealkylation sites (N-methyl/N-ethyl adjacent to an activating group) is 1. The third-order valence-corrected chi connectivity index (χ3v) is 14.0. The molecule has 0 radical (unpaired) electrons. The van der Waals surface area contributed by atoms with Crippen LogP contribution < -0.4 is 19.5 Å². The van der Waals surface area contributed by atoms with E-state index in [1.165, 1.54) is 23.5 Å². The van der Waals surface area contributed by atoms with Crippen molar-refractivity contribution in [2.45, 2.75) is 87.4 Å². The molecule has 2 aromatic heterocycles. The van der Waals surface area contributed by atoms with E-state index in [0.29, 0.717) is 65.8 Å². The van der Waals surface area contributed by atoms with Gasteiger partial charge in [-0.15, -0.1) is 11.3 Å². The Balaban J connectivity index is 1.21. The van der Waals surface area contributed by atoms with Crippen molar-refractivity contribution in [3.63, 3.8) is 0 Å². The van der Waals surface area contributed by atoms with Crippen molar-refractivity contribution >= 4 is 50.1 Å². The molecule has 2 aliphatic heterocycles. The molecule has 18 heteroatoms. The molecule has 0 bridgehead atoms. The number of nitrogens with zero attached hydrogens (tertiary/aromatic N) is 4. The lowest BCUT2D eigenvalue weighted by Gasteiger charge is -2.30. The molecule has 54 heavy (non-hydrogen) atoms. The van der Waals surface area contributed by atoms with Gasteiger partial charge >= 0.3 is 12.2 Å². The van der Waals surface area contributed by atoms with E-state index in [4.69, 9.17) is 9.47 Å². The number of methoxy groups -OCH3 is 1. The zero-order chi connectivity index (χ0) is 38.8. The van der Waals surface area contributed by atoms with E-state index in [9.17, 15) is 36.0 Å². The summed E-state index contributed by atoms with van der Waals surface area (Å²) >= 11 is 0.446. The molecule has 13 nitrogen and oxygen atoms in total. The molecule has 0 unspecified atom stereocenters. The molecule has 2 N–H and O–H groups in total. The molecular formula is C36H41F3N6O7S2. The third-order valence-electron chi connectivity index (χ3n) is 10.9. The van der Waals surface area contributed by atoms with Crippen molar-refractivity contribution in [1.29, 1.82) is 0 Å². The van der Waals surface area contributed by atoms with Crippen LogP contribution in [0.5, 0.6) is 11.5 Å². The first-order chi connectivity index (χ1) is 25.5. The van der Waals surface area contributed by atoms with Crippen LogP contribution >= 0.6 is 11.3 Å². The molecule has 4 heterocycles. The number of thiazole rings is 1. The molecule has 2 aliphatic carbocycles. The van der Waals surface area contributed by atoms with Crippen LogP contribution in [-0.2, 0) is 25.8 Å². The second-order valence-corrected chi connectivity index (χ2v) is 17.8. The number of rotatable bonds is 7. The lowest BCUT2D eigenvalue weighted by Crippen LogP contribution is -2.58. The summed E-state index contributed by atoms with van der Waals surface area (Å²) < 4.78 is 79.8. The van der Waals surface area contributed by atoms with Crippen molar-refractivity contribution in [3.8, 4) is 22.9 Å². The number of aryl methyl sites for hydroxylation is 1. The number of carbonyl (C=O) groups excluding carboxylic acids is 3. The number of sulfonamides is 1. The van der Waals surface area contributed by atoms with E-state index in [2.05, 4.69) is 20.0 Å². The number of hydrogen-bond donors (Lipinski definition) is 2. The SMILES string of the molecule is COc1ccc2c(O[C@H]3C[C@H]4C(=O)N(C)CCCC/C=C\[C@@H]5C[C@@]5(C(=O)NS(=O)(=O)C5(C)CC5)NC(=O)N4C3)cc(-c3csc(C(F)(F)F)n3)nc2c1C. The molecule has 2 saturated carbocycles. The fourth-order valence-electron chi connectivity index (χ4n) is 7.13. The summed E-state index contributed by atoms with van der Waals surface area (Å²) in [5.74, 6) is -0.860. The highest BCUT2D eigenvalue weighted by Crippen LogP contribution is 2.48. The molecule has 0 spiro atoms. The predicted octanol–water partition coefficient (Wildman–Crippen LogP) is 5.18. The Hall–Kier alpha value is -4.45. The predicted molar refractivity (Wildman–Crippen MR) is 193 cm³/mol. The van der Waals surface area contributed by atoms with Gasteiger partial charge in [-0.05, 0) is 64.5 Å². The highest BCUT2D eigenvalue weighted by Gasteiger charge is 2.63. The summed E-state index contributed by atoms with van der Waals surface area (Å²) in [5.41, 5.74) is -0.396. The Kier molecular flexibility index (Phi) is 9.59. The number of carbonyl (C=O) groups is 3. The van der Waals surface area contributed by atoms with Gasteiger partial charge in [-0.1, -0.05) is 12.2 Å². The number of allylic oxidation sites excluding steroid dienone is 1. The Labute approximate surface area is 314 Å². The number of ether oxygens (including phenoxy) is 2. The maximum Gasteiger partial charge on any atom is 0.443 e. The minimum atomic E-state index is -4.64. The maximum absolute atomic E-state index is 14.2. The topological polar surface area (TPSA) is 160 Å². The van der Waals surface area contributed by atoms with Crippen LogP contribution in [0.15, 0.2) is 35.7 Å².